The van der Waals surface area contributed by atoms with Gasteiger partial charge in [0, 0.05) is 18.8 Å². The number of thiocarbonyl (C=S) groups is 1. The number of rotatable bonds is 7. The molecule has 0 radical (unpaired) electrons. The number of benzene rings is 1. The number of primary sulfonamides is 1. The van der Waals surface area contributed by atoms with E-state index >= 15 is 0 Å². The van der Waals surface area contributed by atoms with Crippen LogP contribution in [0, 0.1) is 0 Å². The fraction of sp³-hybridized carbons (Fsp3) is 0.250. The average molecular weight is 334 g/mol. The van der Waals surface area contributed by atoms with Crippen LogP contribution in [0.1, 0.15) is 24.0 Å². The fourth-order valence-electron chi connectivity index (χ4n) is 2.15. The summed E-state index contributed by atoms with van der Waals surface area (Å²) in [6, 6.07) is 10.6. The molecule has 0 saturated heterocycles. The minimum absolute atomic E-state index is 0.142. The summed E-state index contributed by atoms with van der Waals surface area (Å²) in [6.07, 6.45) is 7.01. The molecule has 6 heteroatoms. The molecule has 4 nitrogen and oxygen atoms in total. The lowest BCUT2D eigenvalue weighted by atomic mass is 10.0. The molecule has 2 rings (SSSR count). The first-order valence-corrected chi connectivity index (χ1v) is 8.93. The van der Waals surface area contributed by atoms with Crippen molar-refractivity contribution in [1.29, 1.82) is 0 Å². The molecule has 0 atom stereocenters. The van der Waals surface area contributed by atoms with E-state index < -0.39 is 10.0 Å². The molecule has 22 heavy (non-hydrogen) atoms. The Balaban J connectivity index is 1.80. The molecule has 0 aliphatic rings. The number of aromatic nitrogens is 1. The van der Waals surface area contributed by atoms with Gasteiger partial charge in [-0.2, -0.15) is 0 Å². The van der Waals surface area contributed by atoms with E-state index in [1.54, 1.807) is 30.5 Å². The highest BCUT2D eigenvalue weighted by atomic mass is 32.2. The van der Waals surface area contributed by atoms with Crippen LogP contribution in [0.4, 0.5) is 0 Å². The van der Waals surface area contributed by atoms with Crippen LogP contribution in [0.5, 0.6) is 0 Å². The van der Waals surface area contributed by atoms with Crippen molar-refractivity contribution in [1.82, 2.24) is 4.98 Å². The normalized spacial score (nSPS) is 11.3. The summed E-state index contributed by atoms with van der Waals surface area (Å²) in [5.74, 6) is 0. The summed E-state index contributed by atoms with van der Waals surface area (Å²) in [6.45, 7) is 0. The highest BCUT2D eigenvalue weighted by Gasteiger charge is 2.07. The maximum Gasteiger partial charge on any atom is 0.238 e. The average Bonchev–Trinajstić information content (AvgIpc) is 2.48. The Bertz CT molecular complexity index is 727. The Morgan fingerprint density at radius 3 is 2.45 bits per heavy atom. The van der Waals surface area contributed by atoms with Crippen LogP contribution >= 0.6 is 12.2 Å². The van der Waals surface area contributed by atoms with Gasteiger partial charge in [0.15, 0.2) is 0 Å². The van der Waals surface area contributed by atoms with Gasteiger partial charge in [0.25, 0.3) is 0 Å². The van der Waals surface area contributed by atoms with Crippen LogP contribution in [0.15, 0.2) is 53.7 Å². The quantitative estimate of drug-likeness (QED) is 0.790. The van der Waals surface area contributed by atoms with Crippen LogP contribution in [-0.4, -0.2) is 18.3 Å². The third kappa shape index (κ3) is 5.29. The standard InChI is InChI=1S/C16H18N2O2S2/c17-22(19,20)16-8-6-13(7-9-16)3-1-5-15(21)11-14-4-2-10-18-12-14/h2,4,6-10,12H,1,3,5,11H2,(H2,17,19,20). The van der Waals surface area contributed by atoms with Gasteiger partial charge < -0.3 is 0 Å². The predicted molar refractivity (Wildman–Crippen MR) is 91.3 cm³/mol. The number of hydrogen-bond donors (Lipinski definition) is 1. The van der Waals surface area contributed by atoms with E-state index in [0.717, 1.165) is 41.7 Å². The van der Waals surface area contributed by atoms with Gasteiger partial charge in [-0.15, -0.1) is 0 Å². The molecule has 2 N–H and O–H groups in total. The molecule has 2 aromatic rings. The molecule has 0 spiro atoms. The molecule has 0 saturated carbocycles. The van der Waals surface area contributed by atoms with Crippen LogP contribution < -0.4 is 5.14 Å². The largest absolute Gasteiger partial charge is 0.264 e. The van der Waals surface area contributed by atoms with Gasteiger partial charge in [-0.1, -0.05) is 30.4 Å². The van der Waals surface area contributed by atoms with Gasteiger partial charge in [0.05, 0.1) is 4.90 Å². The Labute approximate surface area is 136 Å². The lowest BCUT2D eigenvalue weighted by Crippen LogP contribution is -2.11. The van der Waals surface area contributed by atoms with Crippen LogP contribution in [-0.2, 0) is 22.9 Å². The van der Waals surface area contributed by atoms with Crippen molar-refractivity contribution in [2.24, 2.45) is 5.14 Å². The van der Waals surface area contributed by atoms with Gasteiger partial charge >= 0.3 is 0 Å². The molecule has 116 valence electrons. The van der Waals surface area contributed by atoms with Gasteiger partial charge in [-0.05, 0) is 53.5 Å². The second kappa shape index (κ2) is 7.58. The molecular formula is C16H18N2O2S2. The molecular weight excluding hydrogens is 316 g/mol. The van der Waals surface area contributed by atoms with E-state index in [9.17, 15) is 8.42 Å². The maximum absolute atomic E-state index is 11.2. The molecule has 0 unspecified atom stereocenters. The molecule has 0 aliphatic carbocycles. The zero-order valence-electron chi connectivity index (χ0n) is 12.1. The third-order valence-electron chi connectivity index (χ3n) is 3.30. The molecule has 0 amide bonds. The van der Waals surface area contributed by atoms with Crippen LogP contribution in [0.2, 0.25) is 0 Å². The Morgan fingerprint density at radius 2 is 1.86 bits per heavy atom. The Hall–Kier alpha value is -1.63. The molecule has 1 heterocycles. The van der Waals surface area contributed by atoms with Crippen molar-refractivity contribution < 1.29 is 8.42 Å². The molecule has 1 aromatic carbocycles. The van der Waals surface area contributed by atoms with Crippen molar-refractivity contribution in [2.45, 2.75) is 30.6 Å². The molecule has 0 bridgehead atoms. The lowest BCUT2D eigenvalue weighted by molar-refractivity contribution is 0.598. The first-order valence-electron chi connectivity index (χ1n) is 6.97. The first-order chi connectivity index (χ1) is 10.4. The van der Waals surface area contributed by atoms with E-state index in [4.69, 9.17) is 17.4 Å². The number of pyridine rings is 1. The lowest BCUT2D eigenvalue weighted by Gasteiger charge is -2.05. The second-order valence-electron chi connectivity index (χ2n) is 5.12. The van der Waals surface area contributed by atoms with E-state index in [1.165, 1.54) is 0 Å². The number of nitrogens with zero attached hydrogens (tertiary/aromatic N) is 1. The van der Waals surface area contributed by atoms with E-state index in [1.807, 2.05) is 18.3 Å². The van der Waals surface area contributed by atoms with Crippen LogP contribution in [0.3, 0.4) is 0 Å². The summed E-state index contributed by atoms with van der Waals surface area (Å²) < 4.78 is 22.4. The SMILES string of the molecule is NS(=O)(=O)c1ccc(CCCC(=S)Cc2cccnc2)cc1. The smallest absolute Gasteiger partial charge is 0.238 e. The number of sulfonamides is 1. The zero-order chi connectivity index (χ0) is 16.0. The third-order valence-corrected chi connectivity index (χ3v) is 4.57. The Kier molecular flexibility index (Phi) is 5.76. The van der Waals surface area contributed by atoms with Crippen molar-refractivity contribution in [2.75, 3.05) is 0 Å². The summed E-state index contributed by atoms with van der Waals surface area (Å²) in [7, 11) is -3.61. The monoisotopic (exact) mass is 334 g/mol. The number of nitrogens with two attached hydrogens (primary N) is 1. The predicted octanol–water partition coefficient (Wildman–Crippen LogP) is 2.66. The summed E-state index contributed by atoms with van der Waals surface area (Å²) in [4.78, 5) is 5.23. The van der Waals surface area contributed by atoms with Crippen molar-refractivity contribution in [3.63, 3.8) is 0 Å². The topological polar surface area (TPSA) is 73.1 Å². The second-order valence-corrected chi connectivity index (χ2v) is 7.26. The molecule has 1 aromatic heterocycles. The zero-order valence-corrected chi connectivity index (χ0v) is 13.7. The van der Waals surface area contributed by atoms with Crippen molar-refractivity contribution >= 4 is 27.1 Å². The van der Waals surface area contributed by atoms with Crippen molar-refractivity contribution in [3.05, 3.63) is 59.9 Å². The minimum atomic E-state index is -3.61. The first kappa shape index (κ1) is 16.7. The highest BCUT2D eigenvalue weighted by molar-refractivity contribution is 7.89. The minimum Gasteiger partial charge on any atom is -0.264 e. The maximum atomic E-state index is 11.2. The van der Waals surface area contributed by atoms with E-state index in [0.29, 0.717) is 0 Å². The highest BCUT2D eigenvalue weighted by Crippen LogP contribution is 2.12. The number of hydrogen-bond acceptors (Lipinski definition) is 4. The van der Waals surface area contributed by atoms with E-state index in [2.05, 4.69) is 4.98 Å². The fourth-order valence-corrected chi connectivity index (χ4v) is 2.98. The Morgan fingerprint density at radius 1 is 1.14 bits per heavy atom. The molecule has 0 aliphatic heterocycles. The van der Waals surface area contributed by atoms with Gasteiger partial charge in [-0.25, -0.2) is 13.6 Å². The van der Waals surface area contributed by atoms with Crippen LogP contribution in [0.25, 0.3) is 0 Å². The van der Waals surface area contributed by atoms with Gasteiger partial charge in [-0.3, -0.25) is 4.98 Å². The summed E-state index contributed by atoms with van der Waals surface area (Å²) in [5, 5.41) is 5.07. The molecule has 0 fully saturated rings. The van der Waals surface area contributed by atoms with Gasteiger partial charge in [0.1, 0.15) is 0 Å². The van der Waals surface area contributed by atoms with Gasteiger partial charge in [0.2, 0.25) is 10.0 Å². The van der Waals surface area contributed by atoms with Crippen molar-refractivity contribution in [3.8, 4) is 0 Å². The number of aryl methyl sites for hydroxylation is 1. The van der Waals surface area contributed by atoms with E-state index in [-0.39, 0.29) is 4.90 Å². The summed E-state index contributed by atoms with van der Waals surface area (Å²) in [5.41, 5.74) is 2.21. The summed E-state index contributed by atoms with van der Waals surface area (Å²) >= 11 is 5.40.